The van der Waals surface area contributed by atoms with Crippen molar-refractivity contribution in [1.82, 2.24) is 14.9 Å². The number of carbonyl (C=O) groups is 1. The first-order chi connectivity index (χ1) is 6.24. The highest BCUT2D eigenvalue weighted by Gasteiger charge is 2.03. The third kappa shape index (κ3) is 2.89. The molecule has 0 aliphatic rings. The largest absolute Gasteiger partial charge is 0.355 e. The highest BCUT2D eigenvalue weighted by Crippen LogP contribution is 1.93. The third-order valence-electron chi connectivity index (χ3n) is 1.74. The summed E-state index contributed by atoms with van der Waals surface area (Å²) < 4.78 is 1.77. The molecular formula is C9H14N3O. The Morgan fingerprint density at radius 1 is 1.77 bits per heavy atom. The molecule has 0 bridgehead atoms. The number of rotatable bonds is 4. The fourth-order valence-corrected chi connectivity index (χ4v) is 0.985. The van der Waals surface area contributed by atoms with Gasteiger partial charge in [-0.3, -0.25) is 4.79 Å². The predicted octanol–water partition coefficient (Wildman–Crippen LogP) is 0.518. The summed E-state index contributed by atoms with van der Waals surface area (Å²) >= 11 is 0. The van der Waals surface area contributed by atoms with Gasteiger partial charge >= 0.3 is 0 Å². The number of nitrogens with zero attached hydrogens (tertiary/aromatic N) is 2. The molecule has 0 saturated heterocycles. The minimum Gasteiger partial charge on any atom is -0.355 e. The second kappa shape index (κ2) is 4.64. The zero-order chi connectivity index (χ0) is 9.68. The van der Waals surface area contributed by atoms with Crippen molar-refractivity contribution in [3.05, 3.63) is 18.2 Å². The standard InChI is InChI=1S/C9H14N3O/c1-3-4-11-9(13)7-12-6-5-10-8(12)2/h6H,3-4,7H2,1-2H3,(H,11,13). The summed E-state index contributed by atoms with van der Waals surface area (Å²) in [5.41, 5.74) is 0. The van der Waals surface area contributed by atoms with Crippen molar-refractivity contribution in [2.75, 3.05) is 6.54 Å². The van der Waals surface area contributed by atoms with Crippen LogP contribution in [0.3, 0.4) is 0 Å². The van der Waals surface area contributed by atoms with Crippen LogP contribution in [0.25, 0.3) is 0 Å². The van der Waals surface area contributed by atoms with E-state index >= 15 is 0 Å². The monoisotopic (exact) mass is 180 g/mol. The van der Waals surface area contributed by atoms with E-state index in [1.54, 1.807) is 10.8 Å². The molecule has 1 aromatic rings. The number of hydrogen-bond acceptors (Lipinski definition) is 2. The molecule has 0 aliphatic carbocycles. The van der Waals surface area contributed by atoms with E-state index in [0.29, 0.717) is 6.54 Å². The first-order valence-corrected chi connectivity index (χ1v) is 4.40. The van der Waals surface area contributed by atoms with Crippen molar-refractivity contribution in [3.8, 4) is 0 Å². The van der Waals surface area contributed by atoms with Crippen molar-refractivity contribution in [1.29, 1.82) is 0 Å². The van der Waals surface area contributed by atoms with E-state index in [1.165, 1.54) is 0 Å². The van der Waals surface area contributed by atoms with Gasteiger partial charge in [0.15, 0.2) is 0 Å². The van der Waals surface area contributed by atoms with Gasteiger partial charge in [-0.25, -0.2) is 4.98 Å². The predicted molar refractivity (Wildman–Crippen MR) is 49.1 cm³/mol. The van der Waals surface area contributed by atoms with Gasteiger partial charge in [0.1, 0.15) is 18.6 Å². The molecule has 1 rings (SSSR count). The summed E-state index contributed by atoms with van der Waals surface area (Å²) in [7, 11) is 0. The Kier molecular flexibility index (Phi) is 3.49. The van der Waals surface area contributed by atoms with Crippen LogP contribution >= 0.6 is 0 Å². The summed E-state index contributed by atoms with van der Waals surface area (Å²) in [6.07, 6.45) is 5.33. The molecule has 4 nitrogen and oxygen atoms in total. The fourth-order valence-electron chi connectivity index (χ4n) is 0.985. The second-order valence-electron chi connectivity index (χ2n) is 2.90. The van der Waals surface area contributed by atoms with Crippen LogP contribution in [0, 0.1) is 13.1 Å². The maximum Gasteiger partial charge on any atom is 0.239 e. The van der Waals surface area contributed by atoms with E-state index < -0.39 is 0 Å². The van der Waals surface area contributed by atoms with Crippen molar-refractivity contribution in [2.45, 2.75) is 26.8 Å². The highest BCUT2D eigenvalue weighted by molar-refractivity contribution is 5.75. The molecule has 0 aliphatic heterocycles. The third-order valence-corrected chi connectivity index (χ3v) is 1.74. The summed E-state index contributed by atoms with van der Waals surface area (Å²) in [6, 6.07) is 0. The molecule has 0 unspecified atom stereocenters. The van der Waals surface area contributed by atoms with Crippen LogP contribution in [-0.2, 0) is 11.3 Å². The van der Waals surface area contributed by atoms with Crippen molar-refractivity contribution in [3.63, 3.8) is 0 Å². The Hall–Kier alpha value is -1.32. The highest BCUT2D eigenvalue weighted by atomic mass is 16.1. The lowest BCUT2D eigenvalue weighted by molar-refractivity contribution is -0.121. The molecule has 0 aromatic carbocycles. The molecule has 0 saturated carbocycles. The lowest BCUT2D eigenvalue weighted by Crippen LogP contribution is -2.28. The molecule has 1 radical (unpaired) electrons. The average Bonchev–Trinajstić information content (AvgIpc) is 2.48. The topological polar surface area (TPSA) is 46.9 Å². The van der Waals surface area contributed by atoms with Crippen LogP contribution in [0.1, 0.15) is 19.2 Å². The summed E-state index contributed by atoms with van der Waals surface area (Å²) in [5, 5.41) is 2.80. The minimum absolute atomic E-state index is 0.0244. The van der Waals surface area contributed by atoms with Crippen LogP contribution in [-0.4, -0.2) is 22.0 Å². The van der Waals surface area contributed by atoms with Gasteiger partial charge < -0.3 is 9.88 Å². The smallest absolute Gasteiger partial charge is 0.239 e. The first kappa shape index (κ1) is 9.77. The van der Waals surface area contributed by atoms with Crippen molar-refractivity contribution < 1.29 is 4.79 Å². The molecule has 1 aromatic heterocycles. The summed E-state index contributed by atoms with van der Waals surface area (Å²) in [6.45, 7) is 4.94. The Balaban J connectivity index is 2.41. The number of hydrogen-bond donors (Lipinski definition) is 1. The minimum atomic E-state index is 0.0244. The van der Waals surface area contributed by atoms with E-state index in [-0.39, 0.29) is 5.91 Å². The molecule has 1 N–H and O–H groups in total. The van der Waals surface area contributed by atoms with Gasteiger partial charge in [0.25, 0.3) is 0 Å². The van der Waals surface area contributed by atoms with Crippen molar-refractivity contribution in [2.24, 2.45) is 0 Å². The molecule has 0 atom stereocenters. The van der Waals surface area contributed by atoms with Gasteiger partial charge in [0.2, 0.25) is 5.91 Å². The van der Waals surface area contributed by atoms with E-state index in [1.807, 2.05) is 13.8 Å². The summed E-state index contributed by atoms with van der Waals surface area (Å²) in [5.74, 6) is 0.836. The molecule has 0 spiro atoms. The second-order valence-corrected chi connectivity index (χ2v) is 2.90. The van der Waals surface area contributed by atoms with Crippen LogP contribution < -0.4 is 5.32 Å². The van der Waals surface area contributed by atoms with Gasteiger partial charge in [-0.1, -0.05) is 6.92 Å². The molecule has 71 valence electrons. The van der Waals surface area contributed by atoms with E-state index in [9.17, 15) is 4.79 Å². The zero-order valence-corrected chi connectivity index (χ0v) is 8.00. The van der Waals surface area contributed by atoms with Gasteiger partial charge in [-0.2, -0.15) is 0 Å². The molecule has 0 fully saturated rings. The van der Waals surface area contributed by atoms with E-state index in [0.717, 1.165) is 18.8 Å². The number of nitrogens with one attached hydrogen (secondary N) is 1. The maximum absolute atomic E-state index is 11.2. The van der Waals surface area contributed by atoms with Crippen LogP contribution in [0.5, 0.6) is 0 Å². The Morgan fingerprint density at radius 2 is 2.54 bits per heavy atom. The lowest BCUT2D eigenvalue weighted by atomic mass is 10.4. The van der Waals surface area contributed by atoms with E-state index in [2.05, 4.69) is 16.5 Å². The van der Waals surface area contributed by atoms with E-state index in [4.69, 9.17) is 0 Å². The number of aryl methyl sites for hydroxylation is 1. The van der Waals surface area contributed by atoms with Crippen molar-refractivity contribution >= 4 is 5.91 Å². The number of carbonyl (C=O) groups excluding carboxylic acids is 1. The molecule has 1 heterocycles. The van der Waals surface area contributed by atoms with Gasteiger partial charge in [0, 0.05) is 12.7 Å². The van der Waals surface area contributed by atoms with Gasteiger partial charge in [-0.15, -0.1) is 0 Å². The molecular weight excluding hydrogens is 166 g/mol. The Bertz CT molecular complexity index is 280. The first-order valence-electron chi connectivity index (χ1n) is 4.40. The fraction of sp³-hybridized carbons (Fsp3) is 0.556. The number of aromatic nitrogens is 2. The Morgan fingerprint density at radius 3 is 3.08 bits per heavy atom. The quantitative estimate of drug-likeness (QED) is 0.734. The van der Waals surface area contributed by atoms with Crippen LogP contribution in [0.2, 0.25) is 0 Å². The molecule has 13 heavy (non-hydrogen) atoms. The Labute approximate surface area is 78.0 Å². The number of amides is 1. The molecule has 4 heteroatoms. The van der Waals surface area contributed by atoms with Crippen LogP contribution in [0.4, 0.5) is 0 Å². The molecule has 1 amide bonds. The lowest BCUT2D eigenvalue weighted by Gasteiger charge is -2.05. The zero-order valence-electron chi connectivity index (χ0n) is 8.00. The maximum atomic E-state index is 11.2. The SMILES string of the molecule is CCCNC(=O)Cn1c[c]nc1C. The normalized spacial score (nSPS) is 10.0. The average molecular weight is 180 g/mol. The number of imidazole rings is 1. The van der Waals surface area contributed by atoms with Gasteiger partial charge in [-0.05, 0) is 13.3 Å². The van der Waals surface area contributed by atoms with Crippen LogP contribution in [0.15, 0.2) is 6.20 Å². The summed E-state index contributed by atoms with van der Waals surface area (Å²) in [4.78, 5) is 15.2. The van der Waals surface area contributed by atoms with Gasteiger partial charge in [0.05, 0.1) is 0 Å².